The Labute approximate surface area is 149 Å². The van der Waals surface area contributed by atoms with E-state index in [0.717, 1.165) is 11.1 Å². The van der Waals surface area contributed by atoms with E-state index in [-0.39, 0.29) is 37.6 Å². The highest BCUT2D eigenvalue weighted by Gasteiger charge is 2.28. The van der Waals surface area contributed by atoms with Crippen LogP contribution in [0, 0.1) is 13.8 Å². The van der Waals surface area contributed by atoms with Gasteiger partial charge in [0.05, 0.1) is 12.3 Å². The topological polar surface area (TPSA) is 71.0 Å². The SMILES string of the molecule is Cc1ccc(C)c(N2N=C(C(=O)NCCOCC(F)(F)F)CCC2=O)c1. The van der Waals surface area contributed by atoms with Crippen molar-refractivity contribution in [2.75, 3.05) is 24.8 Å². The number of carbonyl (C=O) groups is 2. The molecule has 2 amide bonds. The van der Waals surface area contributed by atoms with Crippen LogP contribution in [-0.4, -0.2) is 43.5 Å². The van der Waals surface area contributed by atoms with Crippen LogP contribution in [0.4, 0.5) is 18.9 Å². The quantitative estimate of drug-likeness (QED) is 0.781. The minimum absolute atomic E-state index is 0.0780. The number of benzene rings is 1. The standard InChI is InChI=1S/C17H20F3N3O3/c1-11-3-4-12(2)14(9-11)23-15(24)6-5-13(22-23)16(25)21-7-8-26-10-17(18,19)20/h3-4,9H,5-8,10H2,1-2H3,(H,21,25). The molecule has 0 aliphatic carbocycles. The zero-order valence-corrected chi connectivity index (χ0v) is 14.5. The Morgan fingerprint density at radius 3 is 2.73 bits per heavy atom. The van der Waals surface area contributed by atoms with Gasteiger partial charge in [-0.05, 0) is 31.0 Å². The number of ether oxygens (including phenoxy) is 1. The average Bonchev–Trinajstić information content (AvgIpc) is 2.56. The van der Waals surface area contributed by atoms with Crippen molar-refractivity contribution >= 4 is 23.2 Å². The first-order valence-electron chi connectivity index (χ1n) is 8.08. The summed E-state index contributed by atoms with van der Waals surface area (Å²) in [4.78, 5) is 24.3. The molecule has 6 nitrogen and oxygen atoms in total. The van der Waals surface area contributed by atoms with Gasteiger partial charge in [0, 0.05) is 19.4 Å². The zero-order valence-electron chi connectivity index (χ0n) is 14.5. The van der Waals surface area contributed by atoms with Crippen LogP contribution in [-0.2, 0) is 14.3 Å². The monoisotopic (exact) mass is 371 g/mol. The number of hydrazone groups is 1. The Hall–Kier alpha value is -2.42. The number of nitrogens with one attached hydrogen (secondary N) is 1. The van der Waals surface area contributed by atoms with Crippen molar-refractivity contribution in [2.24, 2.45) is 5.10 Å². The molecule has 1 aromatic rings. The molecule has 0 unspecified atom stereocenters. The molecule has 0 spiro atoms. The first-order chi connectivity index (χ1) is 12.2. The summed E-state index contributed by atoms with van der Waals surface area (Å²) in [6.45, 7) is 2.02. The molecule has 1 aromatic carbocycles. The number of hydrogen-bond donors (Lipinski definition) is 1. The summed E-state index contributed by atoms with van der Waals surface area (Å²) in [5.74, 6) is -0.743. The number of carbonyl (C=O) groups excluding carboxylic acids is 2. The van der Waals surface area contributed by atoms with Gasteiger partial charge < -0.3 is 10.1 Å². The molecule has 0 radical (unpaired) electrons. The fourth-order valence-corrected chi connectivity index (χ4v) is 2.38. The second kappa shape index (κ2) is 8.31. The molecule has 142 valence electrons. The van der Waals surface area contributed by atoms with Crippen LogP contribution in [0.1, 0.15) is 24.0 Å². The van der Waals surface area contributed by atoms with Crippen LogP contribution in [0.5, 0.6) is 0 Å². The summed E-state index contributed by atoms with van der Waals surface area (Å²) in [5, 5.41) is 7.80. The molecule has 1 heterocycles. The Balaban J connectivity index is 1.99. The zero-order chi connectivity index (χ0) is 19.3. The lowest BCUT2D eigenvalue weighted by Gasteiger charge is -2.24. The summed E-state index contributed by atoms with van der Waals surface area (Å²) in [5.41, 5.74) is 2.55. The molecule has 0 bridgehead atoms. The van der Waals surface area contributed by atoms with E-state index < -0.39 is 18.7 Å². The second-order valence-corrected chi connectivity index (χ2v) is 5.97. The minimum atomic E-state index is -4.40. The fourth-order valence-electron chi connectivity index (χ4n) is 2.38. The smallest absolute Gasteiger partial charge is 0.370 e. The van der Waals surface area contributed by atoms with E-state index in [4.69, 9.17) is 0 Å². The van der Waals surface area contributed by atoms with Gasteiger partial charge in [-0.3, -0.25) is 9.59 Å². The van der Waals surface area contributed by atoms with Gasteiger partial charge in [-0.2, -0.15) is 18.3 Å². The van der Waals surface area contributed by atoms with Crippen molar-refractivity contribution < 1.29 is 27.5 Å². The van der Waals surface area contributed by atoms with E-state index in [1.165, 1.54) is 5.01 Å². The molecular weight excluding hydrogens is 351 g/mol. The van der Waals surface area contributed by atoms with E-state index >= 15 is 0 Å². The van der Waals surface area contributed by atoms with Gasteiger partial charge in [0.15, 0.2) is 0 Å². The van der Waals surface area contributed by atoms with Crippen LogP contribution in [0.25, 0.3) is 0 Å². The summed E-state index contributed by atoms with van der Waals surface area (Å²) in [6, 6.07) is 5.58. The van der Waals surface area contributed by atoms with E-state index in [0.29, 0.717) is 5.69 Å². The van der Waals surface area contributed by atoms with Crippen molar-refractivity contribution in [1.29, 1.82) is 0 Å². The first-order valence-corrected chi connectivity index (χ1v) is 8.08. The number of hydrogen-bond acceptors (Lipinski definition) is 4. The number of aryl methyl sites for hydroxylation is 2. The largest absolute Gasteiger partial charge is 0.411 e. The second-order valence-electron chi connectivity index (χ2n) is 5.97. The van der Waals surface area contributed by atoms with Gasteiger partial charge in [-0.25, -0.2) is 5.01 Å². The van der Waals surface area contributed by atoms with Crippen molar-refractivity contribution in [2.45, 2.75) is 32.9 Å². The molecular formula is C17H20F3N3O3. The number of halogens is 3. The van der Waals surface area contributed by atoms with Crippen LogP contribution >= 0.6 is 0 Å². The van der Waals surface area contributed by atoms with Gasteiger partial charge in [0.1, 0.15) is 12.3 Å². The van der Waals surface area contributed by atoms with Crippen LogP contribution in [0.15, 0.2) is 23.3 Å². The highest BCUT2D eigenvalue weighted by atomic mass is 19.4. The van der Waals surface area contributed by atoms with Crippen molar-refractivity contribution in [3.63, 3.8) is 0 Å². The lowest BCUT2D eigenvalue weighted by Crippen LogP contribution is -2.40. The predicted molar refractivity (Wildman–Crippen MR) is 90.0 cm³/mol. The van der Waals surface area contributed by atoms with Crippen LogP contribution in [0.2, 0.25) is 0 Å². The molecule has 0 saturated carbocycles. The number of amides is 2. The number of nitrogens with zero attached hydrogens (tertiary/aromatic N) is 2. The third-order valence-corrected chi connectivity index (χ3v) is 3.69. The van der Waals surface area contributed by atoms with Gasteiger partial charge >= 0.3 is 6.18 Å². The maximum absolute atomic E-state index is 12.2. The number of rotatable bonds is 6. The summed E-state index contributed by atoms with van der Waals surface area (Å²) >= 11 is 0. The number of anilines is 1. The normalized spacial score (nSPS) is 15.0. The Morgan fingerprint density at radius 2 is 2.04 bits per heavy atom. The van der Waals surface area contributed by atoms with E-state index in [9.17, 15) is 22.8 Å². The van der Waals surface area contributed by atoms with Gasteiger partial charge in [0.25, 0.3) is 5.91 Å². The molecule has 26 heavy (non-hydrogen) atoms. The van der Waals surface area contributed by atoms with Gasteiger partial charge in [-0.15, -0.1) is 0 Å². The summed E-state index contributed by atoms with van der Waals surface area (Å²) < 4.78 is 40.3. The molecule has 0 fully saturated rings. The average molecular weight is 371 g/mol. The molecule has 9 heteroatoms. The Bertz CT molecular complexity index is 717. The van der Waals surface area contributed by atoms with Crippen LogP contribution < -0.4 is 10.3 Å². The fraction of sp³-hybridized carbons (Fsp3) is 0.471. The highest BCUT2D eigenvalue weighted by Crippen LogP contribution is 2.25. The maximum Gasteiger partial charge on any atom is 0.411 e. The van der Waals surface area contributed by atoms with Crippen LogP contribution in [0.3, 0.4) is 0 Å². The molecule has 0 atom stereocenters. The molecule has 0 saturated heterocycles. The van der Waals surface area contributed by atoms with Gasteiger partial charge in [-0.1, -0.05) is 12.1 Å². The Morgan fingerprint density at radius 1 is 1.31 bits per heavy atom. The summed E-state index contributed by atoms with van der Waals surface area (Å²) in [7, 11) is 0. The number of alkyl halides is 3. The van der Waals surface area contributed by atoms with Crippen molar-refractivity contribution in [3.05, 3.63) is 29.3 Å². The molecule has 1 N–H and O–H groups in total. The lowest BCUT2D eigenvalue weighted by atomic mass is 10.1. The highest BCUT2D eigenvalue weighted by molar-refractivity contribution is 6.40. The van der Waals surface area contributed by atoms with E-state index in [1.54, 1.807) is 0 Å². The molecule has 1 aliphatic rings. The third kappa shape index (κ3) is 5.55. The molecule has 0 aromatic heterocycles. The summed E-state index contributed by atoms with van der Waals surface area (Å²) in [6.07, 6.45) is -4.09. The van der Waals surface area contributed by atoms with E-state index in [2.05, 4.69) is 15.2 Å². The Kier molecular flexibility index (Phi) is 6.36. The van der Waals surface area contributed by atoms with E-state index in [1.807, 2.05) is 32.0 Å². The third-order valence-electron chi connectivity index (χ3n) is 3.69. The lowest BCUT2D eigenvalue weighted by molar-refractivity contribution is -0.173. The van der Waals surface area contributed by atoms with Crippen molar-refractivity contribution in [1.82, 2.24) is 5.32 Å². The minimum Gasteiger partial charge on any atom is -0.370 e. The van der Waals surface area contributed by atoms with Gasteiger partial charge in [0.2, 0.25) is 5.91 Å². The van der Waals surface area contributed by atoms with Crippen molar-refractivity contribution in [3.8, 4) is 0 Å². The molecule has 1 aliphatic heterocycles. The predicted octanol–water partition coefficient (Wildman–Crippen LogP) is 2.48. The maximum atomic E-state index is 12.2. The molecule has 2 rings (SSSR count). The first kappa shape index (κ1) is 19.9.